The molecular formula is C116H132Br4O8. The second kappa shape index (κ2) is 37.7. The van der Waals surface area contributed by atoms with Gasteiger partial charge in [0.2, 0.25) is 0 Å². The first-order valence-corrected chi connectivity index (χ1v) is 48.4. The van der Waals surface area contributed by atoms with Crippen LogP contribution in [-0.2, 0) is 121 Å². The third-order valence-electron chi connectivity index (χ3n) is 25.2. The fourth-order valence-corrected chi connectivity index (χ4v) is 18.0. The molecule has 0 fully saturated rings. The van der Waals surface area contributed by atoms with Gasteiger partial charge in [0, 0.05) is 69.3 Å². The predicted octanol–water partition coefficient (Wildman–Crippen LogP) is 31.3. The number of phenols is 4. The Morgan fingerprint density at radius 1 is 0.188 bits per heavy atom. The highest BCUT2D eigenvalue weighted by atomic mass is 79.9. The Bertz CT molecular complexity index is 5130. The van der Waals surface area contributed by atoms with Crippen molar-refractivity contribution in [1.82, 2.24) is 0 Å². The van der Waals surface area contributed by atoms with Crippen molar-refractivity contribution in [3.8, 4) is 46.0 Å². The fourth-order valence-electron chi connectivity index (χ4n) is 17.0. The number of hydrogen-bond acceptors (Lipinski definition) is 8. The summed E-state index contributed by atoms with van der Waals surface area (Å²) in [6.07, 6.45) is 2.41. The van der Waals surface area contributed by atoms with Crippen LogP contribution in [0.3, 0.4) is 0 Å². The normalized spacial score (nSPS) is 13.5. The first-order valence-electron chi connectivity index (χ1n) is 45.2. The van der Waals surface area contributed by atoms with Crippen LogP contribution >= 0.6 is 63.7 Å². The number of rotatable bonds is 12. The Hall–Kier alpha value is -9.04. The van der Waals surface area contributed by atoms with Gasteiger partial charge in [-0.05, 0) is 248 Å². The maximum atomic E-state index is 13.8. The van der Waals surface area contributed by atoms with E-state index in [1.807, 2.05) is 48.5 Å². The molecule has 672 valence electrons. The Morgan fingerprint density at radius 3 is 0.406 bits per heavy atom. The highest BCUT2D eigenvalue weighted by molar-refractivity contribution is 9.11. The molecule has 128 heavy (non-hydrogen) atoms. The summed E-state index contributed by atoms with van der Waals surface area (Å²) in [6, 6.07) is 68.8. The SMILES string of the molecule is CC(C)(C)c1cc2c(O)c(c1)Cc1cc(C(C)(C)C)cc(c1OCc1ccc(Br)cc1)Cc1cc(C(C)(C)C)cc(c1O)Cc1cc(C(C)(C)C)cc(c1OCc1ccc(Br)cc1)Cc1cc(C(C)(C)C)cc(c1O)Cc1cc(C(C)(C)C)cc(c1OCc1ccc(Br)cc1)Cc1cc(C(C)(C)C)cc(c1O)Cc1cc(C(C)(C)C)cc(c1OCc1ccc(Br)cc1)C2. The lowest BCUT2D eigenvalue weighted by Gasteiger charge is -2.28. The van der Waals surface area contributed by atoms with Crippen LogP contribution in [0.15, 0.2) is 212 Å². The summed E-state index contributed by atoms with van der Waals surface area (Å²) >= 11 is 14.8. The molecule has 0 saturated heterocycles. The molecule has 4 N–H and O–H groups in total. The Morgan fingerprint density at radius 2 is 0.297 bits per heavy atom. The lowest BCUT2D eigenvalue weighted by atomic mass is 9.79. The molecule has 13 rings (SSSR count). The first kappa shape index (κ1) is 96.5. The van der Waals surface area contributed by atoms with Crippen LogP contribution in [-0.4, -0.2) is 20.4 Å². The minimum atomic E-state index is -0.374. The molecule has 16 bridgehead atoms. The van der Waals surface area contributed by atoms with Crippen molar-refractivity contribution in [3.05, 3.63) is 368 Å². The van der Waals surface area contributed by atoms with E-state index in [4.69, 9.17) is 18.9 Å². The maximum Gasteiger partial charge on any atom is 0.126 e. The van der Waals surface area contributed by atoms with Crippen LogP contribution in [0.1, 0.15) is 322 Å². The molecule has 12 aromatic carbocycles. The third kappa shape index (κ3) is 23.5. The van der Waals surface area contributed by atoms with Crippen molar-refractivity contribution in [1.29, 1.82) is 0 Å². The maximum absolute atomic E-state index is 13.8. The molecule has 12 heteroatoms. The van der Waals surface area contributed by atoms with Crippen molar-refractivity contribution < 1.29 is 39.4 Å². The zero-order valence-electron chi connectivity index (χ0n) is 79.9. The molecule has 0 saturated carbocycles. The van der Waals surface area contributed by atoms with E-state index in [0.717, 1.165) is 174 Å². The van der Waals surface area contributed by atoms with Gasteiger partial charge in [0.25, 0.3) is 0 Å². The van der Waals surface area contributed by atoms with Crippen LogP contribution in [0, 0.1) is 0 Å². The van der Waals surface area contributed by atoms with Gasteiger partial charge in [-0.15, -0.1) is 0 Å². The lowest BCUT2D eigenvalue weighted by Crippen LogP contribution is -2.16. The number of phenolic OH excluding ortho intramolecular Hbond substituents is 4. The van der Waals surface area contributed by atoms with Crippen LogP contribution in [0.2, 0.25) is 0 Å². The summed E-state index contributed by atoms with van der Waals surface area (Å²) in [6.45, 7) is 54.8. The van der Waals surface area contributed by atoms with Crippen molar-refractivity contribution in [2.45, 2.75) is 287 Å². The average Bonchev–Trinajstić information content (AvgIpc) is 0.769. The quantitative estimate of drug-likeness (QED) is 0.0956. The van der Waals surface area contributed by atoms with E-state index in [9.17, 15) is 20.4 Å². The second-order valence-electron chi connectivity index (χ2n) is 44.1. The lowest BCUT2D eigenvalue weighted by molar-refractivity contribution is 0.300. The number of halogens is 4. The molecular weight excluding hydrogens is 1840 g/mol. The van der Waals surface area contributed by atoms with Gasteiger partial charge in [-0.2, -0.15) is 0 Å². The first-order chi connectivity index (χ1) is 59.7. The van der Waals surface area contributed by atoms with Crippen molar-refractivity contribution in [2.75, 3.05) is 0 Å². The molecule has 0 radical (unpaired) electrons. The summed E-state index contributed by atoms with van der Waals surface area (Å²) in [5, 5.41) is 55.0. The highest BCUT2D eigenvalue weighted by Crippen LogP contribution is 2.49. The summed E-state index contributed by atoms with van der Waals surface area (Å²) in [4.78, 5) is 0. The standard InChI is InChI=1S/C116H132Br4O8/c1-109(2,3)89-49-73-41-81-57-93(113(13,14)15)59-83(105(81)125-65-69-25-33-97(117)34-26-69)43-75-51-90(110(4,5)6)53-77(102(75)122)45-85-61-95(115(19,20)21)63-87(107(85)127-67-71-29-37-99(119)38-30-71)47-79-55-92(112(10,11)12)56-80(104(79)124)48-88-64-96(116(22,23)24)62-86(108(88)128-68-72-31-39-100(120)40-32-72)46-78-54-91(111(7,8)9)52-76(103(78)123)44-84-60-94(114(16,17)18)58-82(42-74(50-89)101(73)121)106(84)126-66-70-27-35-98(118)36-28-70/h25-40,49-64,121-124H,41-48,65-68H2,1-24H3. The number of fused-ring (bicyclic) bond motifs is 16. The number of aromatic hydroxyl groups is 4. The van der Waals surface area contributed by atoms with Gasteiger partial charge in [0.15, 0.2) is 0 Å². The molecule has 0 aliphatic heterocycles. The van der Waals surface area contributed by atoms with Crippen LogP contribution in [0.4, 0.5) is 0 Å². The molecule has 1 aliphatic rings. The second-order valence-corrected chi connectivity index (χ2v) is 47.8. The highest BCUT2D eigenvalue weighted by Gasteiger charge is 2.34. The zero-order valence-corrected chi connectivity index (χ0v) is 86.2. The van der Waals surface area contributed by atoms with Gasteiger partial charge >= 0.3 is 0 Å². The third-order valence-corrected chi connectivity index (χ3v) is 27.3. The summed E-state index contributed by atoms with van der Waals surface area (Å²) in [7, 11) is 0. The topological polar surface area (TPSA) is 118 Å². The molecule has 12 aromatic rings. The number of benzene rings is 12. The smallest absolute Gasteiger partial charge is 0.126 e. The van der Waals surface area contributed by atoms with Gasteiger partial charge in [0.05, 0.1) is 0 Å². The van der Waals surface area contributed by atoms with E-state index >= 15 is 0 Å². The molecule has 0 heterocycles. The van der Waals surface area contributed by atoms with Crippen LogP contribution in [0.25, 0.3) is 0 Å². The Balaban J connectivity index is 1.13. The molecule has 8 nitrogen and oxygen atoms in total. The van der Waals surface area contributed by atoms with Gasteiger partial charge < -0.3 is 39.4 Å². The van der Waals surface area contributed by atoms with E-state index in [1.165, 1.54) is 0 Å². The van der Waals surface area contributed by atoms with Gasteiger partial charge in [-0.1, -0.05) is 375 Å². The monoisotopic (exact) mass is 1970 g/mol. The van der Waals surface area contributed by atoms with Gasteiger partial charge in [0.1, 0.15) is 72.4 Å². The van der Waals surface area contributed by atoms with Gasteiger partial charge in [-0.3, -0.25) is 0 Å². The van der Waals surface area contributed by atoms with E-state index in [2.05, 4.69) is 375 Å². The molecule has 0 atom stereocenters. The minimum absolute atomic E-state index is 0.185. The van der Waals surface area contributed by atoms with E-state index in [1.54, 1.807) is 0 Å². The van der Waals surface area contributed by atoms with Crippen molar-refractivity contribution in [2.24, 2.45) is 0 Å². The summed E-state index contributed by atoms with van der Waals surface area (Å²) < 4.78 is 33.6. The van der Waals surface area contributed by atoms with Gasteiger partial charge in [-0.25, -0.2) is 0 Å². The van der Waals surface area contributed by atoms with E-state index in [-0.39, 0.29) is 92.7 Å². The van der Waals surface area contributed by atoms with E-state index < -0.39 is 0 Å². The molecule has 0 aromatic heterocycles. The molecule has 0 amide bonds. The summed E-state index contributed by atoms with van der Waals surface area (Å²) in [5.74, 6) is 3.48. The largest absolute Gasteiger partial charge is 0.507 e. The number of ether oxygens (including phenoxy) is 4. The fraction of sp³-hybridized carbons (Fsp3) is 0.379. The Labute approximate surface area is 797 Å². The number of hydrogen-bond donors (Lipinski definition) is 4. The van der Waals surface area contributed by atoms with Crippen LogP contribution in [0.5, 0.6) is 46.0 Å². The van der Waals surface area contributed by atoms with E-state index in [0.29, 0.717) is 74.4 Å². The Kier molecular flexibility index (Phi) is 28.4. The molecule has 0 unspecified atom stereocenters. The van der Waals surface area contributed by atoms with Crippen molar-refractivity contribution in [3.63, 3.8) is 0 Å². The molecule has 0 spiro atoms. The minimum Gasteiger partial charge on any atom is -0.507 e. The predicted molar refractivity (Wildman–Crippen MR) is 544 cm³/mol. The summed E-state index contributed by atoms with van der Waals surface area (Å²) in [5.41, 5.74) is 22.8. The average molecular weight is 1970 g/mol. The van der Waals surface area contributed by atoms with Crippen molar-refractivity contribution >= 4 is 63.7 Å². The zero-order chi connectivity index (χ0) is 93.0. The van der Waals surface area contributed by atoms with Crippen LogP contribution < -0.4 is 18.9 Å². The molecule has 1 aliphatic carbocycles.